The fourth-order valence-electron chi connectivity index (χ4n) is 3.88. The van der Waals surface area contributed by atoms with Crippen LogP contribution in [0.3, 0.4) is 0 Å². The summed E-state index contributed by atoms with van der Waals surface area (Å²) in [5, 5.41) is 6.59. The van der Waals surface area contributed by atoms with Crippen LogP contribution in [0.25, 0.3) is 11.1 Å². The highest BCUT2D eigenvalue weighted by atomic mass is 35.5. The fraction of sp³-hybridized carbons (Fsp3) is 0.233. The SMILES string of the molecule is Cc1nc(CCN(C(=O)OC(C)(C)C)c2ccc(NC(=O)c3ccccc3-c3ccc(Cl)cc3)cc2)cs1. The number of nitrogens with one attached hydrogen (secondary N) is 1. The number of carbonyl (C=O) groups is 2. The molecular formula is C30H30ClN3O3S. The molecule has 3 aromatic carbocycles. The highest BCUT2D eigenvalue weighted by molar-refractivity contribution is 7.09. The van der Waals surface area contributed by atoms with Crippen molar-refractivity contribution in [2.24, 2.45) is 0 Å². The third-order valence-corrected chi connectivity index (χ3v) is 6.71. The van der Waals surface area contributed by atoms with Crippen LogP contribution in [0, 0.1) is 6.92 Å². The zero-order chi connectivity index (χ0) is 27.3. The summed E-state index contributed by atoms with van der Waals surface area (Å²) in [4.78, 5) is 32.3. The van der Waals surface area contributed by atoms with Gasteiger partial charge in [0, 0.05) is 40.3 Å². The molecule has 1 N–H and O–H groups in total. The number of aryl methyl sites for hydroxylation is 1. The number of hydrogen-bond acceptors (Lipinski definition) is 5. The third-order valence-electron chi connectivity index (χ3n) is 5.64. The first-order valence-electron chi connectivity index (χ1n) is 12.3. The Bertz CT molecular complexity index is 1410. The van der Waals surface area contributed by atoms with Crippen molar-refractivity contribution in [2.45, 2.75) is 39.7 Å². The van der Waals surface area contributed by atoms with Crippen LogP contribution >= 0.6 is 22.9 Å². The van der Waals surface area contributed by atoms with E-state index in [4.69, 9.17) is 16.3 Å². The first-order chi connectivity index (χ1) is 18.1. The standard InChI is InChI=1S/C30H30ClN3O3S/c1-20-32-24(19-38-20)17-18-34(29(36)37-30(2,3)4)25-15-13-23(14-16-25)33-28(35)27-8-6-5-7-26(27)21-9-11-22(31)12-10-21/h5-16,19H,17-18H2,1-4H3,(H,33,35). The molecule has 6 nitrogen and oxygen atoms in total. The van der Waals surface area contributed by atoms with E-state index in [1.54, 1.807) is 58.7 Å². The van der Waals surface area contributed by atoms with Gasteiger partial charge < -0.3 is 10.1 Å². The van der Waals surface area contributed by atoms with E-state index in [2.05, 4.69) is 10.3 Å². The van der Waals surface area contributed by atoms with Crippen molar-refractivity contribution in [3.8, 4) is 11.1 Å². The second kappa shape index (κ2) is 11.8. The molecule has 1 heterocycles. The Labute approximate surface area is 232 Å². The molecule has 0 fully saturated rings. The molecule has 0 aliphatic heterocycles. The Kier molecular flexibility index (Phi) is 8.49. The number of anilines is 2. The summed E-state index contributed by atoms with van der Waals surface area (Å²) >= 11 is 7.62. The van der Waals surface area contributed by atoms with Crippen LogP contribution in [0.2, 0.25) is 5.02 Å². The van der Waals surface area contributed by atoms with Gasteiger partial charge >= 0.3 is 6.09 Å². The summed E-state index contributed by atoms with van der Waals surface area (Å²) in [6, 6.07) is 22.0. The van der Waals surface area contributed by atoms with Crippen LogP contribution < -0.4 is 10.2 Å². The van der Waals surface area contributed by atoms with Crippen molar-refractivity contribution in [2.75, 3.05) is 16.8 Å². The van der Waals surface area contributed by atoms with Crippen LogP contribution in [-0.2, 0) is 11.2 Å². The zero-order valence-electron chi connectivity index (χ0n) is 21.8. The van der Waals surface area contributed by atoms with Crippen LogP contribution in [-0.4, -0.2) is 29.1 Å². The Balaban J connectivity index is 1.52. The van der Waals surface area contributed by atoms with E-state index in [9.17, 15) is 9.59 Å². The average molecular weight is 548 g/mol. The highest BCUT2D eigenvalue weighted by Crippen LogP contribution is 2.27. The second-order valence-electron chi connectivity index (χ2n) is 9.79. The van der Waals surface area contributed by atoms with E-state index in [1.807, 2.05) is 63.4 Å². The van der Waals surface area contributed by atoms with Gasteiger partial charge in [-0.2, -0.15) is 0 Å². The molecule has 0 unspecified atom stereocenters. The topological polar surface area (TPSA) is 71.5 Å². The molecule has 2 amide bonds. The molecular weight excluding hydrogens is 518 g/mol. The maximum atomic E-state index is 13.2. The summed E-state index contributed by atoms with van der Waals surface area (Å²) in [7, 11) is 0. The van der Waals surface area contributed by atoms with Crippen LogP contribution in [0.1, 0.15) is 41.8 Å². The monoisotopic (exact) mass is 547 g/mol. The Hall–Kier alpha value is -3.68. The zero-order valence-corrected chi connectivity index (χ0v) is 23.4. The molecule has 4 aromatic rings. The lowest BCUT2D eigenvalue weighted by Gasteiger charge is -2.27. The molecule has 0 saturated carbocycles. The molecule has 196 valence electrons. The van der Waals surface area contributed by atoms with Crippen molar-refractivity contribution < 1.29 is 14.3 Å². The minimum atomic E-state index is -0.627. The lowest BCUT2D eigenvalue weighted by Crippen LogP contribution is -2.38. The first-order valence-corrected chi connectivity index (χ1v) is 13.5. The number of aromatic nitrogens is 1. The number of hydrogen-bond donors (Lipinski definition) is 1. The van der Waals surface area contributed by atoms with E-state index in [-0.39, 0.29) is 5.91 Å². The molecule has 0 saturated heterocycles. The molecule has 1 aromatic heterocycles. The van der Waals surface area contributed by atoms with Gasteiger partial charge in [0.05, 0.1) is 10.7 Å². The number of benzene rings is 3. The van der Waals surface area contributed by atoms with Gasteiger partial charge in [0.25, 0.3) is 5.91 Å². The third kappa shape index (κ3) is 7.21. The van der Waals surface area contributed by atoms with Crippen molar-refractivity contribution >= 4 is 46.3 Å². The Morgan fingerprint density at radius 1 is 1.00 bits per heavy atom. The summed E-state index contributed by atoms with van der Waals surface area (Å²) in [5.74, 6) is -0.230. The normalized spacial score (nSPS) is 11.2. The number of ether oxygens (including phenoxy) is 1. The number of halogens is 1. The smallest absolute Gasteiger partial charge is 0.414 e. The predicted octanol–water partition coefficient (Wildman–Crippen LogP) is 8.01. The minimum Gasteiger partial charge on any atom is -0.443 e. The summed E-state index contributed by atoms with van der Waals surface area (Å²) < 4.78 is 5.65. The molecule has 38 heavy (non-hydrogen) atoms. The van der Waals surface area contributed by atoms with Crippen LogP contribution in [0.15, 0.2) is 78.2 Å². The van der Waals surface area contributed by atoms with E-state index in [0.29, 0.717) is 34.9 Å². The quantitative estimate of drug-likeness (QED) is 0.254. The van der Waals surface area contributed by atoms with Crippen molar-refractivity contribution in [1.82, 2.24) is 4.98 Å². The second-order valence-corrected chi connectivity index (χ2v) is 11.3. The summed E-state index contributed by atoms with van der Waals surface area (Å²) in [6.45, 7) is 7.90. The molecule has 0 aliphatic rings. The van der Waals surface area contributed by atoms with Crippen LogP contribution in [0.5, 0.6) is 0 Å². The number of thiazole rings is 1. The average Bonchev–Trinajstić information content (AvgIpc) is 3.29. The Morgan fingerprint density at radius 3 is 2.32 bits per heavy atom. The van der Waals surface area contributed by atoms with Gasteiger partial charge in [-0.3, -0.25) is 9.69 Å². The maximum absolute atomic E-state index is 13.2. The number of amides is 2. The molecule has 0 spiro atoms. The largest absolute Gasteiger partial charge is 0.443 e. The predicted molar refractivity (Wildman–Crippen MR) is 155 cm³/mol. The van der Waals surface area contributed by atoms with Crippen LogP contribution in [0.4, 0.5) is 16.2 Å². The number of nitrogens with zero attached hydrogens (tertiary/aromatic N) is 2. The summed E-state index contributed by atoms with van der Waals surface area (Å²) in [5.41, 5.74) is 3.86. The van der Waals surface area contributed by atoms with Crippen molar-refractivity contribution in [3.63, 3.8) is 0 Å². The van der Waals surface area contributed by atoms with Gasteiger partial charge in [0.2, 0.25) is 0 Å². The van der Waals surface area contributed by atoms with Crippen molar-refractivity contribution in [3.05, 3.63) is 99.5 Å². The van der Waals surface area contributed by atoms with Crippen molar-refractivity contribution in [1.29, 1.82) is 0 Å². The minimum absolute atomic E-state index is 0.230. The van der Waals surface area contributed by atoms with Gasteiger partial charge in [0.15, 0.2) is 0 Å². The number of rotatable bonds is 7. The summed E-state index contributed by atoms with van der Waals surface area (Å²) in [6.07, 6.45) is 0.168. The first kappa shape index (κ1) is 27.4. The molecule has 4 rings (SSSR count). The lowest BCUT2D eigenvalue weighted by molar-refractivity contribution is 0.0580. The lowest BCUT2D eigenvalue weighted by atomic mass is 9.99. The van der Waals surface area contributed by atoms with E-state index < -0.39 is 11.7 Å². The Morgan fingerprint density at radius 2 is 1.68 bits per heavy atom. The van der Waals surface area contributed by atoms with Gasteiger partial charge in [-0.1, -0.05) is 41.9 Å². The molecule has 0 atom stereocenters. The number of carbonyl (C=O) groups excluding carboxylic acids is 2. The molecule has 8 heteroatoms. The molecule has 0 radical (unpaired) electrons. The van der Waals surface area contributed by atoms with E-state index in [1.165, 1.54) is 0 Å². The fourth-order valence-corrected chi connectivity index (χ4v) is 4.65. The van der Waals surface area contributed by atoms with Gasteiger partial charge in [0.1, 0.15) is 5.60 Å². The molecule has 0 aliphatic carbocycles. The van der Waals surface area contributed by atoms with E-state index in [0.717, 1.165) is 21.8 Å². The van der Waals surface area contributed by atoms with E-state index >= 15 is 0 Å². The van der Waals surface area contributed by atoms with Gasteiger partial charge in [-0.05, 0) is 81.3 Å². The van der Waals surface area contributed by atoms with Gasteiger partial charge in [-0.25, -0.2) is 9.78 Å². The maximum Gasteiger partial charge on any atom is 0.414 e. The highest BCUT2D eigenvalue weighted by Gasteiger charge is 2.24. The molecule has 0 bridgehead atoms. The van der Waals surface area contributed by atoms with Gasteiger partial charge in [-0.15, -0.1) is 11.3 Å².